The van der Waals surface area contributed by atoms with Gasteiger partial charge in [0.2, 0.25) is 0 Å². The smallest absolute Gasteiger partial charge is 0.410 e. The second-order valence-electron chi connectivity index (χ2n) is 6.34. The maximum absolute atomic E-state index is 12.0. The van der Waals surface area contributed by atoms with Crippen LogP contribution >= 0.6 is 22.9 Å². The normalized spacial score (nSPS) is 18.2. The third-order valence-corrected chi connectivity index (χ3v) is 4.43. The number of carbonyl (C=O) groups is 3. The Kier molecular flexibility index (Phi) is 5.31. The Balaban J connectivity index is 1.86. The van der Waals surface area contributed by atoms with Crippen molar-refractivity contribution < 1.29 is 19.1 Å². The fraction of sp³-hybridized carbons (Fsp3) is 0.533. The SMILES string of the molecule is CC(C)(C)OC(=O)N1CC(=O)C(CNC(=O)c2ccc(Cl)s2)C1. The molecule has 0 spiro atoms. The third-order valence-electron chi connectivity index (χ3n) is 3.20. The number of amides is 2. The van der Waals surface area contributed by atoms with Crippen molar-refractivity contribution in [3.63, 3.8) is 0 Å². The van der Waals surface area contributed by atoms with Crippen molar-refractivity contribution in [2.45, 2.75) is 26.4 Å². The lowest BCUT2D eigenvalue weighted by Crippen LogP contribution is -2.36. The van der Waals surface area contributed by atoms with Gasteiger partial charge in [-0.3, -0.25) is 9.59 Å². The topological polar surface area (TPSA) is 75.7 Å². The summed E-state index contributed by atoms with van der Waals surface area (Å²) in [6.45, 7) is 5.76. The molecule has 1 atom stereocenters. The van der Waals surface area contributed by atoms with E-state index in [2.05, 4.69) is 5.32 Å². The molecule has 2 amide bonds. The molecule has 6 nitrogen and oxygen atoms in total. The molecule has 1 aromatic heterocycles. The van der Waals surface area contributed by atoms with Crippen LogP contribution in [0.1, 0.15) is 30.4 Å². The molecule has 0 saturated carbocycles. The number of halogens is 1. The number of hydrogen-bond acceptors (Lipinski definition) is 5. The molecule has 1 fully saturated rings. The maximum atomic E-state index is 12.0. The predicted molar refractivity (Wildman–Crippen MR) is 88.0 cm³/mol. The molecule has 2 heterocycles. The number of thiophene rings is 1. The summed E-state index contributed by atoms with van der Waals surface area (Å²) in [5.74, 6) is -0.771. The first-order chi connectivity index (χ1) is 10.7. The Bertz CT molecular complexity index is 623. The monoisotopic (exact) mass is 358 g/mol. The Morgan fingerprint density at radius 3 is 2.70 bits per heavy atom. The van der Waals surface area contributed by atoms with Gasteiger partial charge in [-0.05, 0) is 32.9 Å². The Morgan fingerprint density at radius 2 is 2.13 bits per heavy atom. The van der Waals surface area contributed by atoms with Crippen molar-refractivity contribution in [3.8, 4) is 0 Å². The summed E-state index contributed by atoms with van der Waals surface area (Å²) in [7, 11) is 0. The van der Waals surface area contributed by atoms with E-state index in [1.165, 1.54) is 16.2 Å². The van der Waals surface area contributed by atoms with Crippen LogP contribution in [-0.2, 0) is 9.53 Å². The molecule has 0 aliphatic carbocycles. The zero-order valence-corrected chi connectivity index (χ0v) is 14.8. The fourth-order valence-corrected chi connectivity index (χ4v) is 3.09. The number of ether oxygens (including phenoxy) is 1. The van der Waals surface area contributed by atoms with Gasteiger partial charge in [-0.15, -0.1) is 11.3 Å². The number of Topliss-reactive ketones (excluding diaryl/α,β-unsaturated/α-hetero) is 1. The highest BCUT2D eigenvalue weighted by Crippen LogP contribution is 2.21. The first-order valence-electron chi connectivity index (χ1n) is 7.20. The molecule has 2 rings (SSSR count). The molecule has 126 valence electrons. The lowest BCUT2D eigenvalue weighted by Gasteiger charge is -2.24. The van der Waals surface area contributed by atoms with Crippen LogP contribution in [0, 0.1) is 5.92 Å². The van der Waals surface area contributed by atoms with Crippen molar-refractivity contribution in [3.05, 3.63) is 21.3 Å². The van der Waals surface area contributed by atoms with Crippen molar-refractivity contribution in [2.75, 3.05) is 19.6 Å². The lowest BCUT2D eigenvalue weighted by molar-refractivity contribution is -0.119. The van der Waals surface area contributed by atoms with E-state index < -0.39 is 17.6 Å². The van der Waals surface area contributed by atoms with Crippen molar-refractivity contribution in [1.29, 1.82) is 0 Å². The van der Waals surface area contributed by atoms with Gasteiger partial charge in [0, 0.05) is 13.1 Å². The summed E-state index contributed by atoms with van der Waals surface area (Å²) in [5, 5.41) is 2.71. The molecule has 1 aliphatic heterocycles. The lowest BCUT2D eigenvalue weighted by atomic mass is 10.1. The van der Waals surface area contributed by atoms with Gasteiger partial charge in [0.25, 0.3) is 5.91 Å². The van der Waals surface area contributed by atoms with E-state index >= 15 is 0 Å². The van der Waals surface area contributed by atoms with Gasteiger partial charge in [-0.2, -0.15) is 0 Å². The van der Waals surface area contributed by atoms with E-state index in [0.717, 1.165) is 0 Å². The van der Waals surface area contributed by atoms with Gasteiger partial charge in [0.15, 0.2) is 5.78 Å². The number of carbonyl (C=O) groups excluding carboxylic acids is 3. The number of nitrogens with one attached hydrogen (secondary N) is 1. The Labute approximate surface area is 143 Å². The van der Waals surface area contributed by atoms with Crippen LogP contribution in [0.3, 0.4) is 0 Å². The van der Waals surface area contributed by atoms with Gasteiger partial charge in [-0.1, -0.05) is 11.6 Å². The van der Waals surface area contributed by atoms with Crippen molar-refractivity contribution >= 4 is 40.7 Å². The van der Waals surface area contributed by atoms with E-state index in [0.29, 0.717) is 9.21 Å². The third kappa shape index (κ3) is 4.94. The number of likely N-dealkylation sites (tertiary alicyclic amines) is 1. The van der Waals surface area contributed by atoms with E-state index in [1.54, 1.807) is 32.9 Å². The molecule has 0 bridgehead atoms. The van der Waals surface area contributed by atoms with Gasteiger partial charge < -0.3 is 15.0 Å². The number of ketones is 1. The summed E-state index contributed by atoms with van der Waals surface area (Å²) in [4.78, 5) is 37.8. The van der Waals surface area contributed by atoms with Crippen LogP contribution < -0.4 is 5.32 Å². The molecule has 1 aromatic rings. The molecule has 1 saturated heterocycles. The van der Waals surface area contributed by atoms with Crippen LogP contribution in [-0.4, -0.2) is 47.9 Å². The minimum Gasteiger partial charge on any atom is -0.444 e. The predicted octanol–water partition coefficient (Wildman–Crippen LogP) is 2.57. The maximum Gasteiger partial charge on any atom is 0.410 e. The minimum absolute atomic E-state index is 0.0142. The van der Waals surface area contributed by atoms with Crippen LogP contribution in [0.5, 0.6) is 0 Å². The molecule has 0 aromatic carbocycles. The summed E-state index contributed by atoms with van der Waals surface area (Å²) >= 11 is 6.96. The molecule has 8 heteroatoms. The molecule has 23 heavy (non-hydrogen) atoms. The molecular weight excluding hydrogens is 340 g/mol. The first-order valence-corrected chi connectivity index (χ1v) is 8.39. The van der Waals surface area contributed by atoms with Gasteiger partial charge in [0.1, 0.15) is 5.60 Å². The van der Waals surface area contributed by atoms with Crippen molar-refractivity contribution in [2.24, 2.45) is 5.92 Å². The summed E-state index contributed by atoms with van der Waals surface area (Å²) in [6, 6.07) is 3.28. The Morgan fingerprint density at radius 1 is 1.43 bits per heavy atom. The highest BCUT2D eigenvalue weighted by Gasteiger charge is 2.35. The zero-order valence-electron chi connectivity index (χ0n) is 13.2. The van der Waals surface area contributed by atoms with E-state index in [4.69, 9.17) is 16.3 Å². The van der Waals surface area contributed by atoms with Gasteiger partial charge >= 0.3 is 6.09 Å². The highest BCUT2D eigenvalue weighted by molar-refractivity contribution is 7.17. The number of hydrogen-bond donors (Lipinski definition) is 1. The van der Waals surface area contributed by atoms with Crippen LogP contribution in [0.15, 0.2) is 12.1 Å². The average Bonchev–Trinajstić information content (AvgIpc) is 3.01. The molecular formula is C15H19ClN2O4S. The number of rotatable bonds is 3. The Hall–Kier alpha value is -1.60. The second kappa shape index (κ2) is 6.88. The highest BCUT2D eigenvalue weighted by atomic mass is 35.5. The minimum atomic E-state index is -0.606. The molecule has 1 aliphatic rings. The van der Waals surface area contributed by atoms with Crippen LogP contribution in [0.4, 0.5) is 4.79 Å². The quantitative estimate of drug-likeness (QED) is 0.901. The van der Waals surface area contributed by atoms with Crippen molar-refractivity contribution in [1.82, 2.24) is 10.2 Å². The fourth-order valence-electron chi connectivity index (χ4n) is 2.13. The van der Waals surface area contributed by atoms with Gasteiger partial charge in [-0.25, -0.2) is 4.79 Å². The summed E-state index contributed by atoms with van der Waals surface area (Å²) < 4.78 is 5.78. The zero-order chi connectivity index (χ0) is 17.2. The van der Waals surface area contributed by atoms with Gasteiger partial charge in [0.05, 0.1) is 21.7 Å². The van der Waals surface area contributed by atoms with Crippen LogP contribution in [0.2, 0.25) is 4.34 Å². The molecule has 1 N–H and O–H groups in total. The van der Waals surface area contributed by atoms with E-state index in [1.807, 2.05) is 0 Å². The van der Waals surface area contributed by atoms with Crippen LogP contribution in [0.25, 0.3) is 0 Å². The molecule has 0 radical (unpaired) electrons. The molecule has 1 unspecified atom stereocenters. The average molecular weight is 359 g/mol. The standard InChI is InChI=1S/C15H19ClN2O4S/c1-15(2,3)22-14(21)18-7-9(10(19)8-18)6-17-13(20)11-4-5-12(16)23-11/h4-5,9H,6-8H2,1-3H3,(H,17,20). The number of nitrogens with zero attached hydrogens (tertiary/aromatic N) is 1. The first kappa shape index (κ1) is 17.7. The largest absolute Gasteiger partial charge is 0.444 e. The summed E-state index contributed by atoms with van der Waals surface area (Å²) in [6.07, 6.45) is -0.510. The van der Waals surface area contributed by atoms with E-state index in [-0.39, 0.29) is 31.3 Å². The van der Waals surface area contributed by atoms with E-state index in [9.17, 15) is 14.4 Å². The second-order valence-corrected chi connectivity index (χ2v) is 8.05. The summed E-state index contributed by atoms with van der Waals surface area (Å²) in [5.41, 5.74) is -0.606.